The van der Waals surface area contributed by atoms with E-state index in [1.807, 2.05) is 0 Å². The van der Waals surface area contributed by atoms with Gasteiger partial charge < -0.3 is 0 Å². The fraction of sp³-hybridized carbons (Fsp3) is 0. The molecule has 41 valence electrons. The van der Waals surface area contributed by atoms with Gasteiger partial charge in [-0.3, -0.25) is 0 Å². The predicted octanol–water partition coefficient (Wildman–Crippen LogP) is -0.676. The third-order valence-corrected chi connectivity index (χ3v) is 0.972. The van der Waals surface area contributed by atoms with Crippen LogP contribution in [-0.4, -0.2) is 19.6 Å². The Labute approximate surface area is 46.3 Å². The van der Waals surface area contributed by atoms with Gasteiger partial charge in [-0.05, 0) is 5.22 Å². The molecule has 0 aromatic heterocycles. The monoisotopic (exact) mass is 130 g/mol. The van der Waals surface area contributed by atoms with Crippen molar-refractivity contribution in [1.82, 2.24) is 0 Å². The lowest BCUT2D eigenvalue weighted by Gasteiger charge is -1.61. The van der Waals surface area contributed by atoms with Gasteiger partial charge in [0.15, 0.2) is 6.21 Å². The molecule has 0 N–H and O–H groups in total. The van der Waals surface area contributed by atoms with Crippen molar-refractivity contribution in [2.24, 2.45) is 15.4 Å². The molecule has 0 amide bonds. The fourth-order valence-corrected chi connectivity index (χ4v) is 0.440. The van der Waals surface area contributed by atoms with Crippen molar-refractivity contribution in [2.75, 3.05) is 0 Å². The summed E-state index contributed by atoms with van der Waals surface area (Å²) in [6.07, 6.45) is 2.05. The van der Waals surface area contributed by atoms with Crippen molar-refractivity contribution < 1.29 is 8.42 Å². The molecular formula is C2N3O2S. The molecule has 0 saturated heterocycles. The Morgan fingerprint density at radius 3 is 2.50 bits per heavy atom. The van der Waals surface area contributed by atoms with Crippen LogP contribution in [0.5, 0.6) is 0 Å². The van der Waals surface area contributed by atoms with Gasteiger partial charge in [0.25, 0.3) is 0 Å². The second-order valence-electron chi connectivity index (χ2n) is 0.941. The Morgan fingerprint density at radius 1 is 1.50 bits per heavy atom. The first-order valence-electron chi connectivity index (χ1n) is 1.63. The minimum atomic E-state index is -2.34. The van der Waals surface area contributed by atoms with Gasteiger partial charge in [0, 0.05) is 0 Å². The smallest absolute Gasteiger partial charge is 0.182 e. The lowest BCUT2D eigenvalue weighted by atomic mass is 10.8. The summed E-state index contributed by atoms with van der Waals surface area (Å²) in [7, 11) is -2.34. The summed E-state index contributed by atoms with van der Waals surface area (Å²) in [6, 6.07) is 0. The molecule has 1 aliphatic rings. The summed E-state index contributed by atoms with van der Waals surface area (Å²) in [5.74, 6) is 0. The Morgan fingerprint density at radius 2 is 2.25 bits per heavy atom. The van der Waals surface area contributed by atoms with Gasteiger partial charge >= 0.3 is 0 Å². The zero-order valence-electron chi connectivity index (χ0n) is 3.57. The van der Waals surface area contributed by atoms with Gasteiger partial charge in [0.1, 0.15) is 0 Å². The van der Waals surface area contributed by atoms with Crippen LogP contribution in [0.3, 0.4) is 0 Å². The molecule has 0 spiro atoms. The largest absolute Gasteiger partial charge is 0.244 e. The van der Waals surface area contributed by atoms with E-state index in [4.69, 9.17) is 0 Å². The van der Waals surface area contributed by atoms with Crippen molar-refractivity contribution in [3.8, 4) is 0 Å². The fourth-order valence-electron chi connectivity index (χ4n) is 0.221. The summed E-state index contributed by atoms with van der Waals surface area (Å²) >= 11 is 0. The molecule has 1 aliphatic heterocycles. The zero-order valence-corrected chi connectivity index (χ0v) is 4.38. The van der Waals surface area contributed by atoms with E-state index in [2.05, 4.69) is 21.7 Å². The van der Waals surface area contributed by atoms with Gasteiger partial charge in [-0.25, -0.2) is 0 Å². The summed E-state index contributed by atoms with van der Waals surface area (Å²) in [5, 5.41) is 9.15. The van der Waals surface area contributed by atoms with E-state index < -0.39 is 10.3 Å². The van der Waals surface area contributed by atoms with Crippen molar-refractivity contribution >= 4 is 21.5 Å². The Balaban J connectivity index is 3.29. The first-order valence-corrected chi connectivity index (χ1v) is 2.71. The van der Waals surface area contributed by atoms with Gasteiger partial charge in [0.2, 0.25) is 15.3 Å². The third kappa shape index (κ3) is 0.784. The molecular weight excluding hydrogens is 130 g/mol. The first-order chi connectivity index (χ1) is 3.80. The minimum Gasteiger partial charge on any atom is -0.182 e. The highest BCUT2D eigenvalue weighted by molar-refractivity contribution is 7.74. The van der Waals surface area contributed by atoms with E-state index in [1.54, 1.807) is 0 Å². The Hall–Kier alpha value is -1.04. The molecule has 0 unspecified atom stereocenters. The van der Waals surface area contributed by atoms with E-state index in [1.165, 1.54) is 0 Å². The number of rotatable bonds is 0. The van der Waals surface area contributed by atoms with Crippen molar-refractivity contribution in [2.45, 2.75) is 0 Å². The molecule has 6 heteroatoms. The van der Waals surface area contributed by atoms with Crippen LogP contribution in [0.1, 0.15) is 0 Å². The van der Waals surface area contributed by atoms with E-state index in [0.717, 1.165) is 0 Å². The maximum absolute atomic E-state index is 9.89. The van der Waals surface area contributed by atoms with Crippen molar-refractivity contribution in [1.29, 1.82) is 0 Å². The summed E-state index contributed by atoms with van der Waals surface area (Å²) in [6.45, 7) is 0. The number of hydrogen-bond acceptors (Lipinski definition) is 4. The first kappa shape index (κ1) is 5.10. The van der Waals surface area contributed by atoms with Gasteiger partial charge in [-0.1, -0.05) is 0 Å². The number of nitrogens with zero attached hydrogens (tertiary/aromatic N) is 3. The molecule has 0 aromatic rings. The quantitative estimate of drug-likeness (QED) is 0.408. The van der Waals surface area contributed by atoms with Gasteiger partial charge in [-0.15, -0.1) is 10.2 Å². The lowest BCUT2D eigenvalue weighted by molar-refractivity contribution is 0.627. The van der Waals surface area contributed by atoms with Crippen LogP contribution in [0.4, 0.5) is 0 Å². The highest BCUT2D eigenvalue weighted by Crippen LogP contribution is 1.86. The molecule has 8 heavy (non-hydrogen) atoms. The normalized spacial score (nSPS) is 15.2. The molecule has 0 fully saturated rings. The Kier molecular flexibility index (Phi) is 1.17. The van der Waals surface area contributed by atoms with Crippen LogP contribution in [0, 0.1) is 0 Å². The van der Waals surface area contributed by atoms with Crippen molar-refractivity contribution in [3.63, 3.8) is 0 Å². The number of hydrogen-bond donors (Lipinski definition) is 0. The van der Waals surface area contributed by atoms with E-state index >= 15 is 0 Å². The standard InChI is InChI=1S/C2N3O2S/c6-8(7)2-1-3-5-4-2. The summed E-state index contributed by atoms with van der Waals surface area (Å²) < 4.78 is 19.8. The SMILES string of the molecule is O=S(=O)=C1[C]=NN=N1. The van der Waals surface area contributed by atoms with E-state index in [9.17, 15) is 8.42 Å². The van der Waals surface area contributed by atoms with Crippen LogP contribution in [0.2, 0.25) is 0 Å². The highest BCUT2D eigenvalue weighted by atomic mass is 32.2. The highest BCUT2D eigenvalue weighted by Gasteiger charge is 1.99. The van der Waals surface area contributed by atoms with Crippen LogP contribution >= 0.6 is 0 Å². The van der Waals surface area contributed by atoms with Crippen molar-refractivity contribution in [3.05, 3.63) is 0 Å². The van der Waals surface area contributed by atoms with Crippen LogP contribution in [-0.2, 0) is 10.3 Å². The van der Waals surface area contributed by atoms with E-state index in [-0.39, 0.29) is 4.99 Å². The second-order valence-corrected chi connectivity index (χ2v) is 1.80. The average molecular weight is 130 g/mol. The third-order valence-electron chi connectivity index (χ3n) is 0.484. The molecule has 0 bridgehead atoms. The molecule has 1 radical (unpaired) electrons. The molecule has 1 heterocycles. The lowest BCUT2D eigenvalue weighted by Crippen LogP contribution is -1.89. The van der Waals surface area contributed by atoms with Gasteiger partial charge in [0.05, 0.1) is 0 Å². The molecule has 0 aromatic carbocycles. The molecule has 1 rings (SSSR count). The van der Waals surface area contributed by atoms with Crippen LogP contribution in [0.25, 0.3) is 0 Å². The molecule has 0 saturated carbocycles. The molecule has 5 nitrogen and oxygen atoms in total. The Bertz CT molecular complexity index is 250. The maximum atomic E-state index is 9.89. The summed E-state index contributed by atoms with van der Waals surface area (Å²) in [5.41, 5.74) is 0. The second kappa shape index (κ2) is 1.83. The topological polar surface area (TPSA) is 71.2 Å². The van der Waals surface area contributed by atoms with Crippen LogP contribution < -0.4 is 0 Å². The predicted molar refractivity (Wildman–Crippen MR) is 26.2 cm³/mol. The van der Waals surface area contributed by atoms with Crippen LogP contribution in [0.15, 0.2) is 15.4 Å². The summed E-state index contributed by atoms with van der Waals surface area (Å²) in [4.78, 5) is -0.245. The molecule has 0 aliphatic carbocycles. The van der Waals surface area contributed by atoms with E-state index in [0.29, 0.717) is 0 Å². The zero-order chi connectivity index (χ0) is 5.98. The average Bonchev–Trinajstić information content (AvgIpc) is 2.12. The minimum absolute atomic E-state index is 0.245. The van der Waals surface area contributed by atoms with Gasteiger partial charge in [-0.2, -0.15) is 8.42 Å². The molecule has 0 atom stereocenters. The maximum Gasteiger partial charge on any atom is 0.244 e.